The maximum absolute atomic E-state index is 10.8. The smallest absolute Gasteiger partial charge is 0.335 e. The van der Waals surface area contributed by atoms with Crippen molar-refractivity contribution in [2.75, 3.05) is 0 Å². The average molecular weight is 206 g/mol. The summed E-state index contributed by atoms with van der Waals surface area (Å²) in [6, 6.07) is 3.30. The maximum atomic E-state index is 10.8. The van der Waals surface area contributed by atoms with Crippen molar-refractivity contribution in [2.45, 2.75) is 26.7 Å². The molecular weight excluding hydrogens is 192 g/mol. The Labute approximate surface area is 88.7 Å². The quantitative estimate of drug-likeness (QED) is 0.768. The Bertz CT molecular complexity index is 394. The summed E-state index contributed by atoms with van der Waals surface area (Å²) < 4.78 is 0. The second-order valence-electron chi connectivity index (χ2n) is 3.59. The number of carboxylic acids is 1. The molecule has 0 saturated carbocycles. The van der Waals surface area contributed by atoms with E-state index in [1.54, 1.807) is 12.1 Å². The highest BCUT2D eigenvalue weighted by atomic mass is 16.4. The number of rotatable bonds is 4. The van der Waals surface area contributed by atoms with E-state index in [9.17, 15) is 9.59 Å². The van der Waals surface area contributed by atoms with E-state index in [2.05, 4.69) is 0 Å². The van der Waals surface area contributed by atoms with Gasteiger partial charge >= 0.3 is 5.97 Å². The summed E-state index contributed by atoms with van der Waals surface area (Å²) in [7, 11) is 0. The van der Waals surface area contributed by atoms with E-state index in [1.165, 1.54) is 0 Å². The third-order valence-corrected chi connectivity index (χ3v) is 2.55. The number of hydrogen-bond acceptors (Lipinski definition) is 2. The molecule has 0 unspecified atom stereocenters. The molecule has 1 rings (SSSR count). The van der Waals surface area contributed by atoms with Crippen molar-refractivity contribution in [1.82, 2.24) is 0 Å². The lowest BCUT2D eigenvalue weighted by Crippen LogP contribution is -2.02. The zero-order valence-electron chi connectivity index (χ0n) is 8.91. The molecule has 15 heavy (non-hydrogen) atoms. The van der Waals surface area contributed by atoms with Gasteiger partial charge in [-0.05, 0) is 49.1 Å². The first kappa shape index (κ1) is 11.4. The lowest BCUT2D eigenvalue weighted by Gasteiger charge is -2.09. The SMILES string of the molecule is Cc1cc(C(=O)O)cc(CCC=O)c1C. The third-order valence-electron chi connectivity index (χ3n) is 2.55. The van der Waals surface area contributed by atoms with Crippen LogP contribution >= 0.6 is 0 Å². The van der Waals surface area contributed by atoms with Crippen LogP contribution in [0.4, 0.5) is 0 Å². The van der Waals surface area contributed by atoms with Crippen molar-refractivity contribution in [3.05, 3.63) is 34.4 Å². The van der Waals surface area contributed by atoms with Gasteiger partial charge in [0.05, 0.1) is 5.56 Å². The summed E-state index contributed by atoms with van der Waals surface area (Å²) in [6.45, 7) is 3.83. The number of aldehydes is 1. The minimum absolute atomic E-state index is 0.291. The molecule has 3 heteroatoms. The molecule has 0 fully saturated rings. The molecule has 0 heterocycles. The molecule has 1 N–H and O–H groups in total. The molecule has 0 aliphatic carbocycles. The van der Waals surface area contributed by atoms with Crippen LogP contribution < -0.4 is 0 Å². The molecule has 0 saturated heterocycles. The van der Waals surface area contributed by atoms with Crippen molar-refractivity contribution >= 4 is 12.3 Å². The van der Waals surface area contributed by atoms with Crippen molar-refractivity contribution in [1.29, 1.82) is 0 Å². The van der Waals surface area contributed by atoms with Gasteiger partial charge in [-0.2, -0.15) is 0 Å². The number of carboxylic acid groups (broad SMARTS) is 1. The second-order valence-corrected chi connectivity index (χ2v) is 3.59. The number of aryl methyl sites for hydroxylation is 2. The van der Waals surface area contributed by atoms with Gasteiger partial charge in [-0.3, -0.25) is 0 Å². The van der Waals surface area contributed by atoms with Gasteiger partial charge in [0.2, 0.25) is 0 Å². The maximum Gasteiger partial charge on any atom is 0.335 e. The highest BCUT2D eigenvalue weighted by Gasteiger charge is 2.08. The summed E-state index contributed by atoms with van der Waals surface area (Å²) in [5.41, 5.74) is 3.26. The molecule has 0 atom stereocenters. The normalized spacial score (nSPS) is 10.0. The van der Waals surface area contributed by atoms with Crippen LogP contribution in [0.25, 0.3) is 0 Å². The fraction of sp³-hybridized carbons (Fsp3) is 0.333. The molecule has 0 spiro atoms. The van der Waals surface area contributed by atoms with E-state index in [1.807, 2.05) is 13.8 Å². The number of hydrogen-bond donors (Lipinski definition) is 1. The van der Waals surface area contributed by atoms with Crippen LogP contribution in [0, 0.1) is 13.8 Å². The van der Waals surface area contributed by atoms with Gasteiger partial charge < -0.3 is 9.90 Å². The minimum Gasteiger partial charge on any atom is -0.478 e. The van der Waals surface area contributed by atoms with Crippen LogP contribution in [0.2, 0.25) is 0 Å². The van der Waals surface area contributed by atoms with E-state index < -0.39 is 5.97 Å². The largest absolute Gasteiger partial charge is 0.478 e. The van der Waals surface area contributed by atoms with Crippen LogP contribution in [0.15, 0.2) is 12.1 Å². The second kappa shape index (κ2) is 4.73. The molecule has 1 aromatic rings. The Morgan fingerprint density at radius 2 is 2.07 bits per heavy atom. The zero-order chi connectivity index (χ0) is 11.4. The van der Waals surface area contributed by atoms with Crippen molar-refractivity contribution in [3.8, 4) is 0 Å². The Morgan fingerprint density at radius 1 is 1.40 bits per heavy atom. The van der Waals surface area contributed by atoms with Gasteiger partial charge in [0.1, 0.15) is 6.29 Å². The molecule has 0 bridgehead atoms. The van der Waals surface area contributed by atoms with Gasteiger partial charge in [-0.25, -0.2) is 4.79 Å². The number of aromatic carboxylic acids is 1. The predicted octanol–water partition coefficient (Wildman–Crippen LogP) is 2.13. The van der Waals surface area contributed by atoms with Crippen LogP contribution in [0.3, 0.4) is 0 Å². The Kier molecular flexibility index (Phi) is 3.61. The molecule has 0 aromatic heterocycles. The summed E-state index contributed by atoms with van der Waals surface area (Å²) >= 11 is 0. The molecule has 0 aliphatic heterocycles. The molecular formula is C12H14O3. The number of carbonyl (C=O) groups excluding carboxylic acids is 1. The van der Waals surface area contributed by atoms with Crippen LogP contribution in [-0.2, 0) is 11.2 Å². The first-order valence-corrected chi connectivity index (χ1v) is 4.83. The summed E-state index contributed by atoms with van der Waals surface area (Å²) in [5.74, 6) is -0.926. The fourth-order valence-corrected chi connectivity index (χ4v) is 1.53. The van der Waals surface area contributed by atoms with Gasteiger partial charge in [0.25, 0.3) is 0 Å². The molecule has 0 radical (unpaired) electrons. The minimum atomic E-state index is -0.926. The van der Waals surface area contributed by atoms with Gasteiger partial charge in [0, 0.05) is 6.42 Å². The number of benzene rings is 1. The van der Waals surface area contributed by atoms with E-state index in [4.69, 9.17) is 5.11 Å². The zero-order valence-corrected chi connectivity index (χ0v) is 8.91. The molecule has 0 amide bonds. The predicted molar refractivity (Wildman–Crippen MR) is 57.3 cm³/mol. The lowest BCUT2D eigenvalue weighted by molar-refractivity contribution is -0.107. The summed E-state index contributed by atoms with van der Waals surface area (Å²) in [6.07, 6.45) is 1.89. The fourth-order valence-electron chi connectivity index (χ4n) is 1.53. The summed E-state index contributed by atoms with van der Waals surface area (Å²) in [5, 5.41) is 8.88. The van der Waals surface area contributed by atoms with Crippen molar-refractivity contribution in [3.63, 3.8) is 0 Å². The van der Waals surface area contributed by atoms with Gasteiger partial charge in [0.15, 0.2) is 0 Å². The molecule has 0 aliphatic rings. The van der Waals surface area contributed by atoms with Crippen LogP contribution in [0.5, 0.6) is 0 Å². The van der Waals surface area contributed by atoms with Crippen LogP contribution in [-0.4, -0.2) is 17.4 Å². The van der Waals surface area contributed by atoms with E-state index in [0.29, 0.717) is 18.4 Å². The van der Waals surface area contributed by atoms with Gasteiger partial charge in [-0.15, -0.1) is 0 Å². The average Bonchev–Trinajstić information content (AvgIpc) is 2.19. The van der Waals surface area contributed by atoms with Crippen LogP contribution in [0.1, 0.15) is 33.5 Å². The Morgan fingerprint density at radius 3 is 2.60 bits per heavy atom. The van der Waals surface area contributed by atoms with E-state index in [-0.39, 0.29) is 0 Å². The lowest BCUT2D eigenvalue weighted by atomic mass is 9.97. The number of carbonyl (C=O) groups is 2. The first-order valence-electron chi connectivity index (χ1n) is 4.83. The Balaban J connectivity index is 3.12. The van der Waals surface area contributed by atoms with Crippen molar-refractivity contribution < 1.29 is 14.7 Å². The third kappa shape index (κ3) is 2.65. The van der Waals surface area contributed by atoms with E-state index >= 15 is 0 Å². The van der Waals surface area contributed by atoms with E-state index in [0.717, 1.165) is 23.0 Å². The Hall–Kier alpha value is -1.64. The van der Waals surface area contributed by atoms with Gasteiger partial charge in [-0.1, -0.05) is 0 Å². The molecule has 3 nitrogen and oxygen atoms in total. The monoisotopic (exact) mass is 206 g/mol. The highest BCUT2D eigenvalue weighted by molar-refractivity contribution is 5.88. The van der Waals surface area contributed by atoms with Crippen molar-refractivity contribution in [2.24, 2.45) is 0 Å². The standard InChI is InChI=1S/C12H14O3/c1-8-6-11(12(14)15)7-10(9(8)2)4-3-5-13/h5-7H,3-4H2,1-2H3,(H,14,15). The first-order chi connectivity index (χ1) is 7.06. The molecule has 1 aromatic carbocycles. The summed E-state index contributed by atoms with van der Waals surface area (Å²) in [4.78, 5) is 21.1. The molecule has 80 valence electrons. The topological polar surface area (TPSA) is 54.4 Å². The highest BCUT2D eigenvalue weighted by Crippen LogP contribution is 2.17.